The lowest BCUT2D eigenvalue weighted by Gasteiger charge is -2.28. The SMILES string of the molecule is Cc1noc(C)c1CS(=O)(=O)C(C)C1CCNCC1. The Morgan fingerprint density at radius 1 is 1.37 bits per heavy atom. The molecule has 19 heavy (non-hydrogen) atoms. The molecule has 1 atom stereocenters. The molecule has 2 rings (SSSR count). The van der Waals surface area contributed by atoms with E-state index >= 15 is 0 Å². The summed E-state index contributed by atoms with van der Waals surface area (Å²) in [6.45, 7) is 7.21. The van der Waals surface area contributed by atoms with Gasteiger partial charge in [-0.25, -0.2) is 8.42 Å². The fourth-order valence-corrected chi connectivity index (χ4v) is 4.58. The molecule has 1 aromatic rings. The molecule has 108 valence electrons. The summed E-state index contributed by atoms with van der Waals surface area (Å²) < 4.78 is 30.1. The largest absolute Gasteiger partial charge is 0.361 e. The van der Waals surface area contributed by atoms with E-state index in [2.05, 4.69) is 10.5 Å². The lowest BCUT2D eigenvalue weighted by molar-refractivity contribution is 0.363. The van der Waals surface area contributed by atoms with Gasteiger partial charge >= 0.3 is 0 Å². The third kappa shape index (κ3) is 3.17. The molecule has 6 heteroatoms. The average Bonchev–Trinajstić information content (AvgIpc) is 2.70. The second-order valence-corrected chi connectivity index (χ2v) is 7.76. The van der Waals surface area contributed by atoms with E-state index < -0.39 is 9.84 Å². The van der Waals surface area contributed by atoms with Gasteiger partial charge in [0, 0.05) is 5.56 Å². The molecular weight excluding hydrogens is 264 g/mol. The summed E-state index contributed by atoms with van der Waals surface area (Å²) in [6.07, 6.45) is 1.87. The summed E-state index contributed by atoms with van der Waals surface area (Å²) in [5, 5.41) is 6.79. The molecule has 0 aliphatic carbocycles. The maximum absolute atomic E-state index is 12.5. The first-order valence-electron chi connectivity index (χ1n) is 6.76. The van der Waals surface area contributed by atoms with Crippen molar-refractivity contribution >= 4 is 9.84 Å². The number of piperidine rings is 1. The maximum Gasteiger partial charge on any atom is 0.157 e. The molecule has 0 amide bonds. The molecule has 0 bridgehead atoms. The number of aromatic nitrogens is 1. The number of rotatable bonds is 4. The van der Waals surface area contributed by atoms with E-state index in [4.69, 9.17) is 4.52 Å². The summed E-state index contributed by atoms with van der Waals surface area (Å²) in [7, 11) is -3.16. The molecule has 1 aromatic heterocycles. The van der Waals surface area contributed by atoms with Crippen LogP contribution in [0.2, 0.25) is 0 Å². The molecule has 0 aromatic carbocycles. The fourth-order valence-electron chi connectivity index (χ4n) is 2.65. The second kappa shape index (κ2) is 5.63. The average molecular weight is 286 g/mol. The van der Waals surface area contributed by atoms with Crippen molar-refractivity contribution in [1.29, 1.82) is 0 Å². The Labute approximate surface area is 114 Å². The van der Waals surface area contributed by atoms with Gasteiger partial charge in [-0.1, -0.05) is 5.16 Å². The lowest BCUT2D eigenvalue weighted by atomic mass is 9.95. The quantitative estimate of drug-likeness (QED) is 0.910. The van der Waals surface area contributed by atoms with Crippen LogP contribution >= 0.6 is 0 Å². The van der Waals surface area contributed by atoms with Crippen molar-refractivity contribution in [2.24, 2.45) is 5.92 Å². The highest BCUT2D eigenvalue weighted by Crippen LogP contribution is 2.26. The number of hydrogen-bond donors (Lipinski definition) is 1. The lowest BCUT2D eigenvalue weighted by Crippen LogP contribution is -2.37. The smallest absolute Gasteiger partial charge is 0.157 e. The van der Waals surface area contributed by atoms with Crippen LogP contribution in [0.5, 0.6) is 0 Å². The number of nitrogens with zero attached hydrogens (tertiary/aromatic N) is 1. The van der Waals surface area contributed by atoms with Crippen LogP contribution in [0.1, 0.15) is 36.8 Å². The van der Waals surface area contributed by atoms with Gasteiger partial charge in [0.15, 0.2) is 9.84 Å². The predicted molar refractivity (Wildman–Crippen MR) is 73.7 cm³/mol. The zero-order chi connectivity index (χ0) is 14.0. The normalized spacial score (nSPS) is 19.5. The van der Waals surface area contributed by atoms with Crippen molar-refractivity contribution < 1.29 is 12.9 Å². The zero-order valence-corrected chi connectivity index (χ0v) is 12.6. The number of aryl methyl sites for hydroxylation is 2. The summed E-state index contributed by atoms with van der Waals surface area (Å²) in [6, 6.07) is 0. The third-order valence-corrected chi connectivity index (χ3v) is 6.35. The minimum absolute atomic E-state index is 0.0409. The van der Waals surface area contributed by atoms with Gasteiger partial charge in [0.2, 0.25) is 0 Å². The summed E-state index contributed by atoms with van der Waals surface area (Å²) in [5.41, 5.74) is 1.40. The first kappa shape index (κ1) is 14.5. The van der Waals surface area contributed by atoms with Gasteiger partial charge in [-0.2, -0.15) is 0 Å². The highest BCUT2D eigenvalue weighted by Gasteiger charge is 2.31. The summed E-state index contributed by atoms with van der Waals surface area (Å²) in [5.74, 6) is 0.907. The molecule has 1 aliphatic heterocycles. The molecular formula is C13H22N2O3S. The molecule has 5 nitrogen and oxygen atoms in total. The Bertz CT molecular complexity index is 511. The van der Waals surface area contributed by atoms with Gasteiger partial charge in [-0.05, 0) is 52.6 Å². The van der Waals surface area contributed by atoms with Crippen LogP contribution in [0.25, 0.3) is 0 Å². The van der Waals surface area contributed by atoms with Crippen LogP contribution in [-0.4, -0.2) is 31.9 Å². The van der Waals surface area contributed by atoms with Gasteiger partial charge in [0.1, 0.15) is 5.76 Å². The van der Waals surface area contributed by atoms with Crippen LogP contribution in [-0.2, 0) is 15.6 Å². The van der Waals surface area contributed by atoms with E-state index in [1.165, 1.54) is 0 Å². The fraction of sp³-hybridized carbons (Fsp3) is 0.769. The third-order valence-electron chi connectivity index (χ3n) is 4.14. The van der Waals surface area contributed by atoms with E-state index in [1.807, 2.05) is 6.92 Å². The first-order chi connectivity index (χ1) is 8.92. The van der Waals surface area contributed by atoms with E-state index in [0.29, 0.717) is 11.5 Å². The Morgan fingerprint density at radius 2 is 2.00 bits per heavy atom. The van der Waals surface area contributed by atoms with Crippen molar-refractivity contribution in [3.05, 3.63) is 17.0 Å². The molecule has 1 saturated heterocycles. The minimum atomic E-state index is -3.16. The second-order valence-electron chi connectivity index (χ2n) is 5.40. The molecule has 0 saturated carbocycles. The predicted octanol–water partition coefficient (Wildman–Crippen LogP) is 1.59. The Hall–Kier alpha value is -0.880. The molecule has 1 unspecified atom stereocenters. The molecule has 1 aliphatic rings. The van der Waals surface area contributed by atoms with Crippen LogP contribution in [0.3, 0.4) is 0 Å². The topological polar surface area (TPSA) is 72.2 Å². The van der Waals surface area contributed by atoms with Crippen molar-refractivity contribution in [3.63, 3.8) is 0 Å². The zero-order valence-electron chi connectivity index (χ0n) is 11.8. The van der Waals surface area contributed by atoms with Crippen LogP contribution in [0.4, 0.5) is 0 Å². The van der Waals surface area contributed by atoms with Gasteiger partial charge in [0.25, 0.3) is 0 Å². The summed E-state index contributed by atoms with van der Waals surface area (Å²) >= 11 is 0. The first-order valence-corrected chi connectivity index (χ1v) is 8.47. The number of sulfone groups is 1. The molecule has 1 fully saturated rings. The molecule has 0 spiro atoms. The van der Waals surface area contributed by atoms with Crippen molar-refractivity contribution in [1.82, 2.24) is 10.5 Å². The van der Waals surface area contributed by atoms with Gasteiger partial charge < -0.3 is 9.84 Å². The number of hydrogen-bond acceptors (Lipinski definition) is 5. The standard InChI is InChI=1S/C13H22N2O3S/c1-9-13(10(2)18-15-9)8-19(16,17)11(3)12-4-6-14-7-5-12/h11-12,14H,4-8H2,1-3H3. The van der Waals surface area contributed by atoms with Gasteiger partial charge in [-0.15, -0.1) is 0 Å². The van der Waals surface area contributed by atoms with Crippen LogP contribution in [0.15, 0.2) is 4.52 Å². The van der Waals surface area contributed by atoms with Crippen LogP contribution < -0.4 is 5.32 Å². The van der Waals surface area contributed by atoms with Gasteiger partial charge in [0.05, 0.1) is 16.7 Å². The molecule has 1 N–H and O–H groups in total. The van der Waals surface area contributed by atoms with E-state index in [9.17, 15) is 8.42 Å². The van der Waals surface area contributed by atoms with Crippen LogP contribution in [0, 0.1) is 19.8 Å². The Morgan fingerprint density at radius 3 is 2.53 bits per heavy atom. The van der Waals surface area contributed by atoms with E-state index in [1.54, 1.807) is 13.8 Å². The number of nitrogens with one attached hydrogen (secondary N) is 1. The Balaban J connectivity index is 2.13. The Kier molecular flexibility index (Phi) is 4.30. The van der Waals surface area contributed by atoms with Gasteiger partial charge in [-0.3, -0.25) is 0 Å². The molecule has 0 radical (unpaired) electrons. The van der Waals surface area contributed by atoms with E-state index in [0.717, 1.165) is 31.5 Å². The highest BCUT2D eigenvalue weighted by atomic mass is 32.2. The van der Waals surface area contributed by atoms with Crippen molar-refractivity contribution in [2.45, 2.75) is 44.6 Å². The highest BCUT2D eigenvalue weighted by molar-refractivity contribution is 7.91. The summed E-state index contributed by atoms with van der Waals surface area (Å²) in [4.78, 5) is 0. The van der Waals surface area contributed by atoms with Crippen molar-refractivity contribution in [3.8, 4) is 0 Å². The maximum atomic E-state index is 12.5. The van der Waals surface area contributed by atoms with E-state index in [-0.39, 0.29) is 16.9 Å². The minimum Gasteiger partial charge on any atom is -0.361 e. The monoisotopic (exact) mass is 286 g/mol. The van der Waals surface area contributed by atoms with Crippen molar-refractivity contribution in [2.75, 3.05) is 13.1 Å². The molecule has 2 heterocycles.